The third-order valence-electron chi connectivity index (χ3n) is 1.68. The van der Waals surface area contributed by atoms with Crippen LogP contribution in [0.5, 0.6) is 11.5 Å². The van der Waals surface area contributed by atoms with Crippen LogP contribution >= 0.6 is 0 Å². The molecular weight excluding hydrogens is 202 g/mol. The van der Waals surface area contributed by atoms with Crippen LogP contribution in [0.2, 0.25) is 0 Å². The monoisotopic (exact) mass is 213 g/mol. The summed E-state index contributed by atoms with van der Waals surface area (Å²) in [4.78, 5) is 9.98. The van der Waals surface area contributed by atoms with Gasteiger partial charge >= 0.3 is 5.69 Å². The number of ether oxygens (including phenoxy) is 2. The van der Waals surface area contributed by atoms with Gasteiger partial charge in [0.2, 0.25) is 0 Å². The van der Waals surface area contributed by atoms with Crippen LogP contribution in [0.1, 0.15) is 0 Å². The molecule has 1 N–H and O–H groups in total. The highest BCUT2D eigenvalue weighted by Gasteiger charge is 2.15. The Morgan fingerprint density at radius 1 is 1.47 bits per heavy atom. The number of phenols is 1. The van der Waals surface area contributed by atoms with Gasteiger partial charge in [-0.1, -0.05) is 0 Å². The Morgan fingerprint density at radius 2 is 2.20 bits per heavy atom. The number of benzene rings is 1. The number of nitro groups is 1. The van der Waals surface area contributed by atoms with Crippen LogP contribution in [0.3, 0.4) is 0 Å². The van der Waals surface area contributed by atoms with E-state index in [1.165, 1.54) is 19.2 Å². The van der Waals surface area contributed by atoms with Gasteiger partial charge in [0, 0.05) is 7.11 Å². The van der Waals surface area contributed by atoms with E-state index in [0.717, 1.165) is 6.07 Å². The molecule has 0 radical (unpaired) electrons. The van der Waals surface area contributed by atoms with Gasteiger partial charge in [-0.05, 0) is 12.1 Å². The maximum atomic E-state index is 10.6. The van der Waals surface area contributed by atoms with E-state index in [4.69, 9.17) is 14.6 Å². The number of methoxy groups -OCH3 is 1. The fraction of sp³-hybridized carbons (Fsp3) is 0.333. The predicted molar refractivity (Wildman–Crippen MR) is 52.1 cm³/mol. The summed E-state index contributed by atoms with van der Waals surface area (Å²) < 4.78 is 9.86. The van der Waals surface area contributed by atoms with Gasteiger partial charge in [0.1, 0.15) is 12.4 Å². The Hall–Kier alpha value is -1.82. The molecule has 0 saturated carbocycles. The summed E-state index contributed by atoms with van der Waals surface area (Å²) in [6, 6.07) is 3.72. The summed E-state index contributed by atoms with van der Waals surface area (Å²) in [6.07, 6.45) is 0. The van der Waals surface area contributed by atoms with Crippen molar-refractivity contribution < 1.29 is 19.5 Å². The van der Waals surface area contributed by atoms with Gasteiger partial charge in [0.15, 0.2) is 5.75 Å². The lowest BCUT2D eigenvalue weighted by Crippen LogP contribution is -2.05. The molecule has 0 unspecified atom stereocenters. The first-order valence-electron chi connectivity index (χ1n) is 4.24. The summed E-state index contributed by atoms with van der Waals surface area (Å²) >= 11 is 0. The lowest BCUT2D eigenvalue weighted by Gasteiger charge is -2.05. The quantitative estimate of drug-likeness (QED) is 0.453. The van der Waals surface area contributed by atoms with Crippen LogP contribution in [0.15, 0.2) is 18.2 Å². The summed E-state index contributed by atoms with van der Waals surface area (Å²) in [5, 5.41) is 19.7. The van der Waals surface area contributed by atoms with Gasteiger partial charge in [-0.25, -0.2) is 0 Å². The SMILES string of the molecule is COCCOc1ccc(O)cc1[N+](=O)[O-]. The number of aromatic hydroxyl groups is 1. The smallest absolute Gasteiger partial charge is 0.314 e. The Morgan fingerprint density at radius 3 is 2.80 bits per heavy atom. The zero-order valence-corrected chi connectivity index (χ0v) is 8.17. The van der Waals surface area contributed by atoms with Crippen molar-refractivity contribution in [3.8, 4) is 11.5 Å². The number of rotatable bonds is 5. The summed E-state index contributed by atoms with van der Waals surface area (Å²) in [5.41, 5.74) is -0.258. The molecule has 0 atom stereocenters. The molecule has 0 saturated heterocycles. The molecule has 0 aliphatic heterocycles. The molecular formula is C9H11NO5. The molecule has 15 heavy (non-hydrogen) atoms. The van der Waals surface area contributed by atoms with Crippen molar-refractivity contribution in [2.75, 3.05) is 20.3 Å². The predicted octanol–water partition coefficient (Wildman–Crippen LogP) is 1.33. The minimum atomic E-state index is -0.609. The topological polar surface area (TPSA) is 81.8 Å². The summed E-state index contributed by atoms with van der Waals surface area (Å²) in [5.74, 6) is -0.0457. The Labute approximate surface area is 86.2 Å². The number of nitro benzene ring substituents is 1. The molecule has 0 spiro atoms. The normalized spacial score (nSPS) is 9.93. The van der Waals surface area contributed by atoms with E-state index in [1.807, 2.05) is 0 Å². The average Bonchev–Trinajstić information content (AvgIpc) is 2.20. The number of phenolic OH excluding ortho intramolecular Hbond substituents is 1. The van der Waals surface area contributed by atoms with E-state index in [9.17, 15) is 10.1 Å². The van der Waals surface area contributed by atoms with E-state index in [-0.39, 0.29) is 23.8 Å². The molecule has 0 fully saturated rings. The van der Waals surface area contributed by atoms with Crippen molar-refractivity contribution in [2.24, 2.45) is 0 Å². The van der Waals surface area contributed by atoms with E-state index in [0.29, 0.717) is 6.61 Å². The lowest BCUT2D eigenvalue weighted by atomic mass is 10.3. The first-order chi connectivity index (χ1) is 7.15. The van der Waals surface area contributed by atoms with Crippen molar-refractivity contribution in [1.29, 1.82) is 0 Å². The first kappa shape index (κ1) is 11.3. The minimum absolute atomic E-state index is 0.120. The standard InChI is InChI=1S/C9H11NO5/c1-14-4-5-15-9-3-2-7(11)6-8(9)10(12)13/h2-3,6,11H,4-5H2,1H3. The van der Waals surface area contributed by atoms with Gasteiger partial charge in [-0.15, -0.1) is 0 Å². The van der Waals surface area contributed by atoms with Crippen LogP contribution in [0.4, 0.5) is 5.69 Å². The highest BCUT2D eigenvalue weighted by molar-refractivity contribution is 5.50. The molecule has 1 rings (SSSR count). The Balaban J connectivity index is 2.81. The maximum absolute atomic E-state index is 10.6. The van der Waals surface area contributed by atoms with Gasteiger partial charge in [0.25, 0.3) is 0 Å². The van der Waals surface area contributed by atoms with Crippen molar-refractivity contribution in [3.05, 3.63) is 28.3 Å². The van der Waals surface area contributed by atoms with E-state index >= 15 is 0 Å². The molecule has 1 aromatic rings. The third-order valence-corrected chi connectivity index (χ3v) is 1.68. The van der Waals surface area contributed by atoms with Crippen LogP contribution in [-0.4, -0.2) is 30.4 Å². The molecule has 0 heterocycles. The lowest BCUT2D eigenvalue weighted by molar-refractivity contribution is -0.386. The number of nitrogens with zero attached hydrogens (tertiary/aromatic N) is 1. The molecule has 0 aromatic heterocycles. The minimum Gasteiger partial charge on any atom is -0.508 e. The number of hydrogen-bond donors (Lipinski definition) is 1. The van der Waals surface area contributed by atoms with E-state index in [1.54, 1.807) is 0 Å². The maximum Gasteiger partial charge on any atom is 0.314 e. The molecule has 0 bridgehead atoms. The van der Waals surface area contributed by atoms with Crippen LogP contribution in [0, 0.1) is 10.1 Å². The van der Waals surface area contributed by atoms with Crippen LogP contribution in [-0.2, 0) is 4.74 Å². The second-order valence-corrected chi connectivity index (χ2v) is 2.75. The van der Waals surface area contributed by atoms with Crippen LogP contribution in [0.25, 0.3) is 0 Å². The zero-order chi connectivity index (χ0) is 11.3. The van der Waals surface area contributed by atoms with Gasteiger partial charge < -0.3 is 14.6 Å². The molecule has 6 heteroatoms. The number of hydrogen-bond acceptors (Lipinski definition) is 5. The summed E-state index contributed by atoms with van der Waals surface area (Å²) in [7, 11) is 1.51. The second-order valence-electron chi connectivity index (χ2n) is 2.75. The van der Waals surface area contributed by atoms with E-state index in [2.05, 4.69) is 0 Å². The molecule has 6 nitrogen and oxygen atoms in total. The van der Waals surface area contributed by atoms with Crippen molar-refractivity contribution in [2.45, 2.75) is 0 Å². The van der Waals surface area contributed by atoms with Crippen molar-refractivity contribution in [1.82, 2.24) is 0 Å². The highest BCUT2D eigenvalue weighted by atomic mass is 16.6. The average molecular weight is 213 g/mol. The molecule has 0 amide bonds. The van der Waals surface area contributed by atoms with Gasteiger partial charge in [-0.3, -0.25) is 10.1 Å². The van der Waals surface area contributed by atoms with Crippen LogP contribution < -0.4 is 4.74 Å². The molecule has 0 aliphatic carbocycles. The van der Waals surface area contributed by atoms with Crippen molar-refractivity contribution >= 4 is 5.69 Å². The fourth-order valence-corrected chi connectivity index (χ4v) is 1.01. The summed E-state index contributed by atoms with van der Waals surface area (Å²) in [6.45, 7) is 0.570. The molecule has 1 aromatic carbocycles. The van der Waals surface area contributed by atoms with E-state index < -0.39 is 4.92 Å². The first-order valence-corrected chi connectivity index (χ1v) is 4.24. The highest BCUT2D eigenvalue weighted by Crippen LogP contribution is 2.30. The Kier molecular flexibility index (Phi) is 3.87. The second kappa shape index (κ2) is 5.16. The molecule has 82 valence electrons. The Bertz CT molecular complexity index is 352. The zero-order valence-electron chi connectivity index (χ0n) is 8.17. The molecule has 0 aliphatic rings. The van der Waals surface area contributed by atoms with Gasteiger partial charge in [0.05, 0.1) is 17.6 Å². The van der Waals surface area contributed by atoms with Crippen molar-refractivity contribution in [3.63, 3.8) is 0 Å². The fourth-order valence-electron chi connectivity index (χ4n) is 1.01. The van der Waals surface area contributed by atoms with Gasteiger partial charge in [-0.2, -0.15) is 0 Å². The largest absolute Gasteiger partial charge is 0.508 e. The third kappa shape index (κ3) is 3.10.